The molecule has 0 radical (unpaired) electrons. The molecular weight excluding hydrogens is 267 g/mol. The van der Waals surface area contributed by atoms with Crippen molar-refractivity contribution in [3.05, 3.63) is 17.8 Å². The molecule has 1 aromatic rings. The number of hydrogen-bond acceptors (Lipinski definition) is 3. The Hall–Kier alpha value is -1.04. The van der Waals surface area contributed by atoms with E-state index in [0.29, 0.717) is 18.2 Å². The van der Waals surface area contributed by atoms with E-state index in [-0.39, 0.29) is 5.41 Å². The maximum atomic E-state index is 12.3. The van der Waals surface area contributed by atoms with E-state index in [2.05, 4.69) is 15.5 Å². The summed E-state index contributed by atoms with van der Waals surface area (Å²) in [6.45, 7) is 4.60. The monoisotopic (exact) mass is 281 g/mol. The Bertz CT molecular complexity index is 376. The van der Waals surface area contributed by atoms with Gasteiger partial charge in [0.25, 0.3) is 0 Å². The Morgan fingerprint density at radius 2 is 1.89 bits per heavy atom. The second-order valence-corrected chi connectivity index (χ2v) is 5.14. The van der Waals surface area contributed by atoms with Gasteiger partial charge in [0.1, 0.15) is 5.82 Å². The fraction of sp³-hybridized carbons (Fsp3) is 0.636. The number of halogens is 4. The average Bonchev–Trinajstić information content (AvgIpc) is 2.26. The summed E-state index contributed by atoms with van der Waals surface area (Å²) < 4.78 is 36.8. The molecule has 0 aromatic carbocycles. The van der Waals surface area contributed by atoms with Crippen LogP contribution in [0.2, 0.25) is 0 Å². The molecule has 0 aliphatic rings. The van der Waals surface area contributed by atoms with E-state index in [0.717, 1.165) is 12.5 Å². The maximum absolute atomic E-state index is 12.3. The Balaban J connectivity index is 2.60. The third-order valence-corrected chi connectivity index (χ3v) is 2.66. The summed E-state index contributed by atoms with van der Waals surface area (Å²) in [6, 6.07) is 2.18. The highest BCUT2D eigenvalue weighted by atomic mass is 35.5. The van der Waals surface area contributed by atoms with Crippen molar-refractivity contribution in [3.8, 4) is 0 Å². The van der Waals surface area contributed by atoms with Crippen LogP contribution in [0.25, 0.3) is 0 Å². The SMILES string of the molecule is CC(C)(CCCl)CNc1ccc(C(F)(F)F)nn1. The predicted octanol–water partition coefficient (Wildman–Crippen LogP) is 3.56. The summed E-state index contributed by atoms with van der Waals surface area (Å²) in [4.78, 5) is 0. The first-order chi connectivity index (χ1) is 8.24. The highest BCUT2D eigenvalue weighted by molar-refractivity contribution is 6.17. The smallest absolute Gasteiger partial charge is 0.368 e. The molecule has 3 nitrogen and oxygen atoms in total. The standard InChI is InChI=1S/C11H15ClF3N3/c1-10(2,5-6-12)7-16-9-4-3-8(17-18-9)11(13,14)15/h3-4H,5-7H2,1-2H3,(H,16,18). The Labute approximate surface area is 109 Å². The van der Waals surface area contributed by atoms with E-state index in [4.69, 9.17) is 11.6 Å². The van der Waals surface area contributed by atoms with Crippen molar-refractivity contribution in [1.82, 2.24) is 10.2 Å². The fourth-order valence-electron chi connectivity index (χ4n) is 1.25. The number of nitrogens with zero attached hydrogens (tertiary/aromatic N) is 2. The van der Waals surface area contributed by atoms with Crippen molar-refractivity contribution in [3.63, 3.8) is 0 Å². The lowest BCUT2D eigenvalue weighted by Crippen LogP contribution is -2.24. The van der Waals surface area contributed by atoms with Gasteiger partial charge in [-0.15, -0.1) is 21.8 Å². The van der Waals surface area contributed by atoms with Gasteiger partial charge in [0.2, 0.25) is 0 Å². The normalized spacial score (nSPS) is 12.6. The van der Waals surface area contributed by atoms with E-state index in [1.807, 2.05) is 13.8 Å². The van der Waals surface area contributed by atoms with Gasteiger partial charge in [-0.1, -0.05) is 13.8 Å². The topological polar surface area (TPSA) is 37.8 Å². The number of rotatable bonds is 5. The second kappa shape index (κ2) is 5.73. The molecule has 7 heteroatoms. The van der Waals surface area contributed by atoms with Crippen LogP contribution in [0.3, 0.4) is 0 Å². The van der Waals surface area contributed by atoms with Crippen LogP contribution in [0.1, 0.15) is 26.0 Å². The number of nitrogens with one attached hydrogen (secondary N) is 1. The molecule has 0 spiro atoms. The van der Waals surface area contributed by atoms with Gasteiger partial charge in [-0.2, -0.15) is 13.2 Å². The van der Waals surface area contributed by atoms with Crippen molar-refractivity contribution >= 4 is 17.4 Å². The fourth-order valence-corrected chi connectivity index (χ4v) is 1.76. The van der Waals surface area contributed by atoms with E-state index in [1.165, 1.54) is 6.07 Å². The van der Waals surface area contributed by atoms with Crippen LogP contribution in [0.15, 0.2) is 12.1 Å². The second-order valence-electron chi connectivity index (χ2n) is 4.76. The molecule has 0 atom stereocenters. The van der Waals surface area contributed by atoms with E-state index < -0.39 is 11.9 Å². The molecule has 0 amide bonds. The lowest BCUT2D eigenvalue weighted by molar-refractivity contribution is -0.141. The molecule has 1 aromatic heterocycles. The van der Waals surface area contributed by atoms with Gasteiger partial charge in [0.15, 0.2) is 5.69 Å². The van der Waals surface area contributed by atoms with Gasteiger partial charge in [-0.05, 0) is 24.0 Å². The van der Waals surface area contributed by atoms with Gasteiger partial charge < -0.3 is 5.32 Å². The van der Waals surface area contributed by atoms with Gasteiger partial charge >= 0.3 is 6.18 Å². The van der Waals surface area contributed by atoms with Crippen molar-refractivity contribution < 1.29 is 13.2 Å². The van der Waals surface area contributed by atoms with Crippen LogP contribution in [0.4, 0.5) is 19.0 Å². The Kier molecular flexibility index (Phi) is 4.78. The van der Waals surface area contributed by atoms with E-state index >= 15 is 0 Å². The third-order valence-electron chi connectivity index (χ3n) is 2.47. The molecular formula is C11H15ClF3N3. The molecule has 0 bridgehead atoms. The summed E-state index contributed by atoms with van der Waals surface area (Å²) in [5.74, 6) is 0.860. The molecule has 0 saturated heterocycles. The van der Waals surface area contributed by atoms with Crippen molar-refractivity contribution in [2.24, 2.45) is 5.41 Å². The predicted molar refractivity (Wildman–Crippen MR) is 64.6 cm³/mol. The van der Waals surface area contributed by atoms with Gasteiger partial charge in [-0.25, -0.2) is 0 Å². The zero-order chi connectivity index (χ0) is 13.8. The first-order valence-electron chi connectivity index (χ1n) is 5.45. The summed E-state index contributed by atoms with van der Waals surface area (Å²) >= 11 is 5.66. The van der Waals surface area contributed by atoms with Crippen LogP contribution < -0.4 is 5.32 Å². The van der Waals surface area contributed by atoms with Gasteiger partial charge in [0, 0.05) is 12.4 Å². The summed E-state index contributed by atoms with van der Waals surface area (Å²) in [7, 11) is 0. The molecule has 0 aliphatic carbocycles. The third kappa shape index (κ3) is 4.68. The molecule has 1 rings (SSSR count). The minimum Gasteiger partial charge on any atom is -0.368 e. The largest absolute Gasteiger partial charge is 0.435 e. The molecule has 102 valence electrons. The average molecular weight is 282 g/mol. The molecule has 1 N–H and O–H groups in total. The van der Waals surface area contributed by atoms with Gasteiger partial charge in [-0.3, -0.25) is 0 Å². The molecule has 0 fully saturated rings. The molecule has 0 aliphatic heterocycles. The molecule has 0 saturated carbocycles. The van der Waals surface area contributed by atoms with E-state index in [1.54, 1.807) is 0 Å². The Morgan fingerprint density at radius 1 is 1.22 bits per heavy atom. The number of hydrogen-bond donors (Lipinski definition) is 1. The van der Waals surface area contributed by atoms with Crippen molar-refractivity contribution in [2.45, 2.75) is 26.4 Å². The molecule has 1 heterocycles. The van der Waals surface area contributed by atoms with Crippen LogP contribution in [0, 0.1) is 5.41 Å². The first kappa shape index (κ1) is 15.0. The summed E-state index contributed by atoms with van der Waals surface area (Å²) in [6.07, 6.45) is -3.65. The number of anilines is 1. The van der Waals surface area contributed by atoms with Gasteiger partial charge in [0.05, 0.1) is 0 Å². The van der Waals surface area contributed by atoms with Crippen molar-refractivity contribution in [2.75, 3.05) is 17.7 Å². The Morgan fingerprint density at radius 3 is 2.33 bits per heavy atom. The number of alkyl halides is 4. The van der Waals surface area contributed by atoms with Crippen LogP contribution in [-0.2, 0) is 6.18 Å². The lowest BCUT2D eigenvalue weighted by atomic mass is 9.90. The minimum absolute atomic E-state index is 0.0495. The summed E-state index contributed by atoms with van der Waals surface area (Å²) in [5, 5.41) is 9.58. The zero-order valence-corrected chi connectivity index (χ0v) is 10.9. The number of aromatic nitrogens is 2. The quantitative estimate of drug-likeness (QED) is 0.839. The summed E-state index contributed by atoms with van der Waals surface area (Å²) in [5.41, 5.74) is -1.04. The van der Waals surface area contributed by atoms with Crippen LogP contribution in [0.5, 0.6) is 0 Å². The van der Waals surface area contributed by atoms with Crippen LogP contribution in [-0.4, -0.2) is 22.6 Å². The van der Waals surface area contributed by atoms with Crippen molar-refractivity contribution in [1.29, 1.82) is 0 Å². The van der Waals surface area contributed by atoms with Crippen LogP contribution >= 0.6 is 11.6 Å². The maximum Gasteiger partial charge on any atom is 0.435 e. The lowest BCUT2D eigenvalue weighted by Gasteiger charge is -2.23. The minimum atomic E-state index is -4.45. The first-order valence-corrected chi connectivity index (χ1v) is 5.99. The zero-order valence-electron chi connectivity index (χ0n) is 10.2. The van der Waals surface area contributed by atoms with E-state index in [9.17, 15) is 13.2 Å². The molecule has 18 heavy (non-hydrogen) atoms. The highest BCUT2D eigenvalue weighted by Gasteiger charge is 2.32. The highest BCUT2D eigenvalue weighted by Crippen LogP contribution is 2.27. The molecule has 0 unspecified atom stereocenters.